The third-order valence-corrected chi connectivity index (χ3v) is 5.78. The van der Waals surface area contributed by atoms with Gasteiger partial charge in [0.15, 0.2) is 0 Å². The summed E-state index contributed by atoms with van der Waals surface area (Å²) in [5, 5.41) is 37.9. The minimum Gasteiger partial charge on any atom is -0.449 e. The van der Waals surface area contributed by atoms with E-state index < -0.39 is 16.8 Å². The predicted octanol–water partition coefficient (Wildman–Crippen LogP) is 5.73. The standard InChI is InChI=1S/C27H36N2O7/c30-19-7-3-1-5-17-28(18-6-2-4-8-20-31)24-14-11-22(12-15-24)9-10-23-13-16-25(29(34)35)26(21-23)36-27(32)33/h9-16,21,30-31H,1-8,17-20H2,(H,32,33). The van der Waals surface area contributed by atoms with Crippen LogP contribution in [0.25, 0.3) is 12.2 Å². The molecule has 196 valence electrons. The molecule has 0 heterocycles. The Kier molecular flexibility index (Phi) is 13.0. The van der Waals surface area contributed by atoms with Crippen LogP contribution >= 0.6 is 0 Å². The van der Waals surface area contributed by atoms with Gasteiger partial charge < -0.3 is 25.0 Å². The Morgan fingerprint density at radius 3 is 1.89 bits per heavy atom. The molecule has 0 aliphatic rings. The number of hydrogen-bond acceptors (Lipinski definition) is 7. The molecule has 9 nitrogen and oxygen atoms in total. The van der Waals surface area contributed by atoms with Crippen molar-refractivity contribution in [1.29, 1.82) is 0 Å². The minimum atomic E-state index is -1.61. The maximum atomic E-state index is 11.1. The highest BCUT2D eigenvalue weighted by atomic mass is 16.7. The summed E-state index contributed by atoms with van der Waals surface area (Å²) in [6.45, 7) is 2.35. The van der Waals surface area contributed by atoms with Crippen molar-refractivity contribution in [1.82, 2.24) is 0 Å². The maximum absolute atomic E-state index is 11.1. The zero-order valence-electron chi connectivity index (χ0n) is 20.6. The van der Waals surface area contributed by atoms with Gasteiger partial charge >= 0.3 is 11.8 Å². The molecule has 36 heavy (non-hydrogen) atoms. The molecular weight excluding hydrogens is 464 g/mol. The van der Waals surface area contributed by atoms with E-state index in [4.69, 9.17) is 15.3 Å². The fraction of sp³-hybridized carbons (Fsp3) is 0.444. The molecule has 0 unspecified atom stereocenters. The van der Waals surface area contributed by atoms with E-state index in [1.165, 1.54) is 18.2 Å². The normalized spacial score (nSPS) is 11.1. The molecule has 0 radical (unpaired) electrons. The Bertz CT molecular complexity index is 963. The number of aliphatic hydroxyl groups excluding tert-OH is 2. The van der Waals surface area contributed by atoms with Crippen LogP contribution in [0.4, 0.5) is 16.2 Å². The largest absolute Gasteiger partial charge is 0.511 e. The van der Waals surface area contributed by atoms with Crippen molar-refractivity contribution in [3.8, 4) is 5.75 Å². The van der Waals surface area contributed by atoms with Gasteiger partial charge in [-0.1, -0.05) is 50.0 Å². The summed E-state index contributed by atoms with van der Waals surface area (Å²) in [7, 11) is 0. The van der Waals surface area contributed by atoms with Crippen molar-refractivity contribution in [3.05, 3.63) is 63.7 Å². The number of carbonyl (C=O) groups is 1. The molecule has 9 heteroatoms. The number of carboxylic acid groups (broad SMARTS) is 1. The van der Waals surface area contributed by atoms with Crippen molar-refractivity contribution in [3.63, 3.8) is 0 Å². The van der Waals surface area contributed by atoms with Crippen molar-refractivity contribution in [2.45, 2.75) is 51.4 Å². The lowest BCUT2D eigenvalue weighted by Gasteiger charge is -2.25. The molecule has 2 aromatic rings. The molecule has 0 spiro atoms. The number of nitro benzene ring substituents is 1. The number of ether oxygens (including phenoxy) is 1. The number of anilines is 1. The van der Waals surface area contributed by atoms with E-state index in [0.29, 0.717) is 5.56 Å². The monoisotopic (exact) mass is 500 g/mol. The average molecular weight is 501 g/mol. The zero-order valence-corrected chi connectivity index (χ0v) is 20.6. The topological polar surface area (TPSA) is 133 Å². The zero-order chi connectivity index (χ0) is 26.2. The number of nitrogens with zero attached hydrogens (tertiary/aromatic N) is 2. The van der Waals surface area contributed by atoms with Crippen LogP contribution in [0.3, 0.4) is 0 Å². The van der Waals surface area contributed by atoms with E-state index in [1.807, 2.05) is 18.2 Å². The van der Waals surface area contributed by atoms with Gasteiger partial charge in [0.2, 0.25) is 5.75 Å². The van der Waals surface area contributed by atoms with Crippen LogP contribution in [0, 0.1) is 10.1 Å². The SMILES string of the molecule is O=C(O)Oc1cc(C=Cc2ccc(N(CCCCCCO)CCCCCCO)cc2)ccc1[N+](=O)[O-]. The second kappa shape index (κ2) is 16.3. The number of hydrogen-bond donors (Lipinski definition) is 3. The first-order valence-corrected chi connectivity index (χ1v) is 12.4. The third kappa shape index (κ3) is 10.5. The molecule has 0 aliphatic carbocycles. The molecule has 0 saturated heterocycles. The lowest BCUT2D eigenvalue weighted by molar-refractivity contribution is -0.385. The molecule has 2 rings (SSSR count). The van der Waals surface area contributed by atoms with Crippen LogP contribution < -0.4 is 9.64 Å². The fourth-order valence-corrected chi connectivity index (χ4v) is 3.86. The molecule has 0 aromatic heterocycles. The van der Waals surface area contributed by atoms with E-state index >= 15 is 0 Å². The second-order valence-electron chi connectivity index (χ2n) is 8.54. The van der Waals surface area contributed by atoms with Gasteiger partial charge in [-0.2, -0.15) is 0 Å². The van der Waals surface area contributed by atoms with Crippen LogP contribution in [0.1, 0.15) is 62.5 Å². The van der Waals surface area contributed by atoms with Gasteiger partial charge in [-0.3, -0.25) is 10.1 Å². The Morgan fingerprint density at radius 1 is 0.833 bits per heavy atom. The third-order valence-electron chi connectivity index (χ3n) is 5.78. The first-order chi connectivity index (χ1) is 17.4. The van der Waals surface area contributed by atoms with Crippen molar-refractivity contribution in [2.24, 2.45) is 0 Å². The summed E-state index contributed by atoms with van der Waals surface area (Å²) in [4.78, 5) is 23.6. The van der Waals surface area contributed by atoms with Gasteiger partial charge in [-0.15, -0.1) is 0 Å². The van der Waals surface area contributed by atoms with Crippen LogP contribution in [-0.2, 0) is 0 Å². The molecular formula is C27H36N2O7. The van der Waals surface area contributed by atoms with Crippen molar-refractivity contribution >= 4 is 29.7 Å². The van der Waals surface area contributed by atoms with Crippen molar-refractivity contribution in [2.75, 3.05) is 31.2 Å². The van der Waals surface area contributed by atoms with E-state index in [0.717, 1.165) is 75.7 Å². The van der Waals surface area contributed by atoms with E-state index in [2.05, 4.69) is 21.8 Å². The number of nitro groups is 1. The van der Waals surface area contributed by atoms with Gasteiger partial charge in [0.05, 0.1) is 4.92 Å². The molecule has 0 atom stereocenters. The predicted molar refractivity (Wildman–Crippen MR) is 140 cm³/mol. The summed E-state index contributed by atoms with van der Waals surface area (Å²) in [5.41, 5.74) is 2.23. The molecule has 0 amide bonds. The molecule has 2 aromatic carbocycles. The fourth-order valence-electron chi connectivity index (χ4n) is 3.86. The minimum absolute atomic E-state index is 0.233. The highest BCUT2D eigenvalue weighted by Crippen LogP contribution is 2.29. The lowest BCUT2D eigenvalue weighted by atomic mass is 10.1. The Hall–Kier alpha value is -3.43. The maximum Gasteiger partial charge on any atom is 0.511 e. The smallest absolute Gasteiger partial charge is 0.449 e. The lowest BCUT2D eigenvalue weighted by Crippen LogP contribution is -2.25. The van der Waals surface area contributed by atoms with Gasteiger partial charge in [0.1, 0.15) is 0 Å². The number of benzene rings is 2. The first-order valence-electron chi connectivity index (χ1n) is 12.4. The molecule has 3 N–H and O–H groups in total. The van der Waals surface area contributed by atoms with Crippen LogP contribution in [-0.4, -0.2) is 52.7 Å². The average Bonchev–Trinajstić information content (AvgIpc) is 2.86. The van der Waals surface area contributed by atoms with Gasteiger partial charge in [-0.05, 0) is 61.1 Å². The summed E-state index contributed by atoms with van der Waals surface area (Å²) in [5.74, 6) is -0.321. The van der Waals surface area contributed by atoms with E-state index in [-0.39, 0.29) is 19.0 Å². The quantitative estimate of drug-likeness (QED) is 0.0626. The Labute approximate surface area is 211 Å². The van der Waals surface area contributed by atoms with Gasteiger partial charge in [0, 0.05) is 38.1 Å². The van der Waals surface area contributed by atoms with Crippen LogP contribution in [0.5, 0.6) is 5.75 Å². The highest BCUT2D eigenvalue weighted by molar-refractivity contribution is 5.73. The molecule has 0 fully saturated rings. The van der Waals surface area contributed by atoms with E-state index in [9.17, 15) is 14.9 Å². The highest BCUT2D eigenvalue weighted by Gasteiger charge is 2.17. The number of aliphatic hydroxyl groups is 2. The summed E-state index contributed by atoms with van der Waals surface area (Å²) in [6.07, 6.45) is 9.95. The summed E-state index contributed by atoms with van der Waals surface area (Å²) < 4.78 is 4.56. The number of unbranched alkanes of at least 4 members (excludes halogenated alkanes) is 6. The van der Waals surface area contributed by atoms with E-state index in [1.54, 1.807) is 6.08 Å². The molecule has 0 bridgehead atoms. The van der Waals surface area contributed by atoms with Crippen LogP contribution in [0.15, 0.2) is 42.5 Å². The molecule has 0 saturated carbocycles. The van der Waals surface area contributed by atoms with Crippen molar-refractivity contribution < 1.29 is 29.8 Å². The Balaban J connectivity index is 2.06. The number of rotatable bonds is 17. The first kappa shape index (κ1) is 28.8. The van der Waals surface area contributed by atoms with Gasteiger partial charge in [0.25, 0.3) is 0 Å². The summed E-state index contributed by atoms with van der Waals surface area (Å²) >= 11 is 0. The second-order valence-corrected chi connectivity index (χ2v) is 8.54. The van der Waals surface area contributed by atoms with Gasteiger partial charge in [-0.25, -0.2) is 4.79 Å². The summed E-state index contributed by atoms with van der Waals surface area (Å²) in [6, 6.07) is 12.2. The molecule has 0 aliphatic heterocycles. The van der Waals surface area contributed by atoms with Crippen LogP contribution in [0.2, 0.25) is 0 Å². The Morgan fingerprint density at radius 2 is 1.36 bits per heavy atom.